The highest BCUT2D eigenvalue weighted by Gasteiger charge is 2.02. The van der Waals surface area contributed by atoms with E-state index in [9.17, 15) is 0 Å². The minimum atomic E-state index is 0.734. The third-order valence-corrected chi connectivity index (χ3v) is 3.97. The lowest BCUT2D eigenvalue weighted by Crippen LogP contribution is -1.97. The summed E-state index contributed by atoms with van der Waals surface area (Å²) in [5.41, 5.74) is 0. The Bertz CT molecular complexity index is 206. The van der Waals surface area contributed by atoms with Crippen molar-refractivity contribution in [2.24, 2.45) is 0 Å². The molecule has 0 spiro atoms. The highest BCUT2D eigenvalue weighted by Crippen LogP contribution is 2.18. The largest absolute Gasteiger partial charge is 0.149 e. The standard InChI is InChI=1S/C11H17BrS/c1-2-5-10(12)6-3-7-11-8-4-9-13-11/h4,8-10H,2-3,5-7H2,1H3. The van der Waals surface area contributed by atoms with E-state index >= 15 is 0 Å². The second-order valence-corrected chi connectivity index (χ2v) is 5.68. The fourth-order valence-corrected chi connectivity index (χ4v) is 2.94. The Kier molecular flexibility index (Phi) is 5.72. The van der Waals surface area contributed by atoms with Gasteiger partial charge in [-0.15, -0.1) is 11.3 Å². The SMILES string of the molecule is CCCC(Br)CCCc1cccs1. The fraction of sp³-hybridized carbons (Fsp3) is 0.636. The number of rotatable bonds is 6. The number of thiophene rings is 1. The smallest absolute Gasteiger partial charge is 0.0145 e. The molecule has 0 bridgehead atoms. The molecule has 0 N–H and O–H groups in total. The van der Waals surface area contributed by atoms with Crippen molar-refractivity contribution in [2.45, 2.75) is 43.9 Å². The first kappa shape index (κ1) is 11.3. The van der Waals surface area contributed by atoms with Crippen LogP contribution < -0.4 is 0 Å². The van der Waals surface area contributed by atoms with Gasteiger partial charge in [0, 0.05) is 9.70 Å². The minimum Gasteiger partial charge on any atom is -0.149 e. The van der Waals surface area contributed by atoms with Crippen LogP contribution >= 0.6 is 27.3 Å². The predicted molar refractivity (Wildman–Crippen MR) is 64.9 cm³/mol. The summed E-state index contributed by atoms with van der Waals surface area (Å²) < 4.78 is 0. The van der Waals surface area contributed by atoms with E-state index in [0.29, 0.717) is 0 Å². The van der Waals surface area contributed by atoms with Crippen molar-refractivity contribution in [2.75, 3.05) is 0 Å². The van der Waals surface area contributed by atoms with Crippen LogP contribution in [0.3, 0.4) is 0 Å². The molecule has 1 aromatic heterocycles. The van der Waals surface area contributed by atoms with Gasteiger partial charge in [-0.25, -0.2) is 0 Å². The maximum atomic E-state index is 3.71. The molecule has 0 amide bonds. The van der Waals surface area contributed by atoms with E-state index in [0.717, 1.165) is 4.83 Å². The quantitative estimate of drug-likeness (QED) is 0.655. The first-order valence-corrected chi connectivity index (χ1v) is 6.79. The van der Waals surface area contributed by atoms with Crippen molar-refractivity contribution in [3.05, 3.63) is 22.4 Å². The van der Waals surface area contributed by atoms with Gasteiger partial charge in [0.15, 0.2) is 0 Å². The third kappa shape index (κ3) is 4.82. The monoisotopic (exact) mass is 260 g/mol. The van der Waals surface area contributed by atoms with Crippen molar-refractivity contribution in [3.8, 4) is 0 Å². The van der Waals surface area contributed by atoms with E-state index in [-0.39, 0.29) is 0 Å². The minimum absolute atomic E-state index is 0.734. The van der Waals surface area contributed by atoms with Crippen molar-refractivity contribution in [1.29, 1.82) is 0 Å². The first-order valence-electron chi connectivity index (χ1n) is 4.99. The molecule has 0 saturated carbocycles. The Morgan fingerprint density at radius 1 is 1.46 bits per heavy atom. The van der Waals surface area contributed by atoms with E-state index < -0.39 is 0 Å². The second kappa shape index (κ2) is 6.61. The maximum absolute atomic E-state index is 3.71. The Balaban J connectivity index is 2.07. The molecule has 13 heavy (non-hydrogen) atoms. The van der Waals surface area contributed by atoms with Gasteiger partial charge in [-0.1, -0.05) is 35.3 Å². The van der Waals surface area contributed by atoms with Crippen molar-refractivity contribution < 1.29 is 0 Å². The molecule has 0 aromatic carbocycles. The number of hydrogen-bond donors (Lipinski definition) is 0. The van der Waals surface area contributed by atoms with E-state index in [4.69, 9.17) is 0 Å². The zero-order valence-electron chi connectivity index (χ0n) is 8.13. The summed E-state index contributed by atoms with van der Waals surface area (Å²) in [5.74, 6) is 0. The van der Waals surface area contributed by atoms with Crippen molar-refractivity contribution >= 4 is 27.3 Å². The summed E-state index contributed by atoms with van der Waals surface area (Å²) >= 11 is 5.58. The van der Waals surface area contributed by atoms with Gasteiger partial charge < -0.3 is 0 Å². The van der Waals surface area contributed by atoms with Crippen LogP contribution in [-0.2, 0) is 6.42 Å². The maximum Gasteiger partial charge on any atom is 0.0145 e. The van der Waals surface area contributed by atoms with Crippen LogP contribution in [0, 0.1) is 0 Å². The molecule has 0 nitrogen and oxygen atoms in total. The molecular weight excluding hydrogens is 244 g/mol. The summed E-state index contributed by atoms with van der Waals surface area (Å²) in [6.45, 7) is 2.24. The summed E-state index contributed by atoms with van der Waals surface area (Å²) in [5, 5.41) is 2.16. The topological polar surface area (TPSA) is 0 Å². The van der Waals surface area contributed by atoms with Gasteiger partial charge in [-0.2, -0.15) is 0 Å². The molecule has 74 valence electrons. The zero-order valence-corrected chi connectivity index (χ0v) is 10.5. The molecule has 0 saturated heterocycles. The van der Waals surface area contributed by atoms with Crippen LogP contribution in [0.5, 0.6) is 0 Å². The molecule has 0 radical (unpaired) electrons. The summed E-state index contributed by atoms with van der Waals surface area (Å²) in [6, 6.07) is 4.37. The van der Waals surface area contributed by atoms with Crippen molar-refractivity contribution in [1.82, 2.24) is 0 Å². The predicted octanol–water partition coefficient (Wildman–Crippen LogP) is 4.63. The Hall–Kier alpha value is 0.180. The molecule has 2 heteroatoms. The van der Waals surface area contributed by atoms with Gasteiger partial charge in [0.05, 0.1) is 0 Å². The second-order valence-electron chi connectivity index (χ2n) is 3.36. The average molecular weight is 261 g/mol. The number of hydrogen-bond acceptors (Lipinski definition) is 1. The lowest BCUT2D eigenvalue weighted by molar-refractivity contribution is 0.658. The first-order chi connectivity index (χ1) is 6.33. The number of aryl methyl sites for hydroxylation is 1. The van der Waals surface area contributed by atoms with Crippen LogP contribution in [0.1, 0.15) is 37.5 Å². The molecular formula is C11H17BrS. The highest BCUT2D eigenvalue weighted by atomic mass is 79.9. The van der Waals surface area contributed by atoms with Crippen LogP contribution in [-0.4, -0.2) is 4.83 Å². The van der Waals surface area contributed by atoms with Gasteiger partial charge in [-0.05, 0) is 37.1 Å². The Morgan fingerprint density at radius 3 is 2.92 bits per heavy atom. The van der Waals surface area contributed by atoms with E-state index in [1.807, 2.05) is 11.3 Å². The molecule has 1 unspecified atom stereocenters. The van der Waals surface area contributed by atoms with Crippen LogP contribution in [0.4, 0.5) is 0 Å². The number of halogens is 1. The van der Waals surface area contributed by atoms with E-state index in [2.05, 4.69) is 40.4 Å². The van der Waals surface area contributed by atoms with Gasteiger partial charge in [-0.3, -0.25) is 0 Å². The highest BCUT2D eigenvalue weighted by molar-refractivity contribution is 9.09. The summed E-state index contributed by atoms with van der Waals surface area (Å²) in [4.78, 5) is 2.26. The Morgan fingerprint density at radius 2 is 2.31 bits per heavy atom. The molecule has 0 aliphatic heterocycles. The molecule has 1 atom stereocenters. The van der Waals surface area contributed by atoms with Gasteiger partial charge >= 0.3 is 0 Å². The molecule has 0 fully saturated rings. The molecule has 1 heterocycles. The van der Waals surface area contributed by atoms with Crippen LogP contribution in [0.25, 0.3) is 0 Å². The lowest BCUT2D eigenvalue weighted by atomic mass is 10.1. The van der Waals surface area contributed by atoms with Gasteiger partial charge in [0.2, 0.25) is 0 Å². The van der Waals surface area contributed by atoms with Gasteiger partial charge in [0.25, 0.3) is 0 Å². The van der Waals surface area contributed by atoms with Crippen LogP contribution in [0.15, 0.2) is 17.5 Å². The van der Waals surface area contributed by atoms with Gasteiger partial charge in [0.1, 0.15) is 0 Å². The average Bonchev–Trinajstić information content (AvgIpc) is 2.57. The summed E-state index contributed by atoms with van der Waals surface area (Å²) in [6.07, 6.45) is 6.48. The van der Waals surface area contributed by atoms with Crippen LogP contribution in [0.2, 0.25) is 0 Å². The van der Waals surface area contributed by atoms with E-state index in [1.165, 1.54) is 37.0 Å². The van der Waals surface area contributed by atoms with Crippen molar-refractivity contribution in [3.63, 3.8) is 0 Å². The molecule has 1 aromatic rings. The summed E-state index contributed by atoms with van der Waals surface area (Å²) in [7, 11) is 0. The Labute approximate surface area is 93.5 Å². The number of alkyl halides is 1. The van der Waals surface area contributed by atoms with E-state index in [1.54, 1.807) is 0 Å². The molecule has 0 aliphatic carbocycles. The normalized spacial score (nSPS) is 13.1. The third-order valence-electron chi connectivity index (χ3n) is 2.12. The molecule has 1 rings (SSSR count). The lowest BCUT2D eigenvalue weighted by Gasteiger charge is -2.06. The molecule has 0 aliphatic rings. The fourth-order valence-electron chi connectivity index (χ4n) is 1.41. The zero-order chi connectivity index (χ0) is 9.52.